The van der Waals surface area contributed by atoms with Crippen molar-refractivity contribution in [3.8, 4) is 5.75 Å². The number of benzene rings is 2. The number of carbonyl (C=O) groups is 1. The number of aromatic nitrogens is 2. The first-order valence-electron chi connectivity index (χ1n) is 9.52. The molecular weight excluding hydrogens is 421 g/mol. The molecule has 0 saturated heterocycles. The molecule has 2 heterocycles. The molecule has 31 heavy (non-hydrogen) atoms. The normalized spacial score (nSPS) is 10.8. The predicted molar refractivity (Wildman–Crippen MR) is 115 cm³/mol. The number of aryl methyl sites for hydroxylation is 1. The summed E-state index contributed by atoms with van der Waals surface area (Å²) in [5, 5.41) is 7.25. The molecule has 0 bridgehead atoms. The van der Waals surface area contributed by atoms with Crippen LogP contribution in [0.1, 0.15) is 27.4 Å². The molecule has 0 aliphatic carbocycles. The van der Waals surface area contributed by atoms with Gasteiger partial charge in [-0.05, 0) is 54.4 Å². The average Bonchev–Trinajstić information content (AvgIpc) is 3.38. The van der Waals surface area contributed by atoms with Crippen molar-refractivity contribution in [3.63, 3.8) is 0 Å². The number of nitrogens with one attached hydrogen (secondary N) is 1. The molecule has 0 fully saturated rings. The molecule has 4 rings (SSSR count). The third-order valence-electron chi connectivity index (χ3n) is 4.49. The lowest BCUT2D eigenvalue weighted by atomic mass is 10.2. The van der Waals surface area contributed by atoms with Gasteiger partial charge in [0.25, 0.3) is 5.91 Å². The molecule has 1 amide bonds. The Balaban J connectivity index is 1.34. The Kier molecular flexibility index (Phi) is 6.04. The summed E-state index contributed by atoms with van der Waals surface area (Å²) in [5.74, 6) is 0.631. The van der Waals surface area contributed by atoms with Crippen LogP contribution in [0.25, 0.3) is 0 Å². The minimum atomic E-state index is -0.402. The van der Waals surface area contributed by atoms with Crippen LogP contribution < -0.4 is 10.1 Å². The second-order valence-electron chi connectivity index (χ2n) is 6.99. The van der Waals surface area contributed by atoms with Gasteiger partial charge in [-0.25, -0.2) is 4.39 Å². The van der Waals surface area contributed by atoms with Crippen LogP contribution in [0.5, 0.6) is 5.75 Å². The maximum absolute atomic E-state index is 13.2. The summed E-state index contributed by atoms with van der Waals surface area (Å²) in [4.78, 5) is 12.5. The number of anilines is 1. The Morgan fingerprint density at radius 1 is 1.23 bits per heavy atom. The van der Waals surface area contributed by atoms with E-state index in [4.69, 9.17) is 20.8 Å². The summed E-state index contributed by atoms with van der Waals surface area (Å²) in [5.41, 5.74) is 2.31. The third kappa shape index (κ3) is 5.32. The maximum Gasteiger partial charge on any atom is 0.291 e. The molecule has 2 aromatic heterocycles. The van der Waals surface area contributed by atoms with Gasteiger partial charge >= 0.3 is 0 Å². The van der Waals surface area contributed by atoms with E-state index in [1.807, 2.05) is 31.2 Å². The van der Waals surface area contributed by atoms with E-state index >= 15 is 0 Å². The zero-order valence-corrected chi connectivity index (χ0v) is 17.4. The van der Waals surface area contributed by atoms with Gasteiger partial charge in [-0.3, -0.25) is 9.48 Å². The van der Waals surface area contributed by atoms with E-state index in [1.54, 1.807) is 29.1 Å². The summed E-state index contributed by atoms with van der Waals surface area (Å²) in [7, 11) is 0. The highest BCUT2D eigenvalue weighted by Gasteiger charge is 2.13. The number of carbonyl (C=O) groups excluding carboxylic acids is 1. The number of ether oxygens (including phenoxy) is 1. The molecule has 0 aliphatic rings. The molecule has 1 N–H and O–H groups in total. The van der Waals surface area contributed by atoms with Gasteiger partial charge in [-0.15, -0.1) is 0 Å². The van der Waals surface area contributed by atoms with E-state index in [-0.39, 0.29) is 12.4 Å². The molecule has 0 unspecified atom stereocenters. The van der Waals surface area contributed by atoms with Crippen LogP contribution >= 0.6 is 11.6 Å². The quantitative estimate of drug-likeness (QED) is 0.415. The van der Waals surface area contributed by atoms with Crippen LogP contribution in [0, 0.1) is 12.7 Å². The number of furan rings is 1. The van der Waals surface area contributed by atoms with E-state index in [9.17, 15) is 9.18 Å². The molecule has 2 aromatic carbocycles. The topological polar surface area (TPSA) is 69.3 Å². The molecule has 4 aromatic rings. The first-order valence-corrected chi connectivity index (χ1v) is 9.90. The van der Waals surface area contributed by atoms with Crippen molar-refractivity contribution in [2.45, 2.75) is 20.1 Å². The zero-order chi connectivity index (χ0) is 21.8. The van der Waals surface area contributed by atoms with Gasteiger partial charge < -0.3 is 14.5 Å². The molecule has 6 nitrogen and oxygen atoms in total. The van der Waals surface area contributed by atoms with Crippen molar-refractivity contribution in [1.82, 2.24) is 9.78 Å². The molecule has 0 spiro atoms. The molecule has 158 valence electrons. The van der Waals surface area contributed by atoms with Gasteiger partial charge in [0.2, 0.25) is 0 Å². The standard InChI is InChI=1S/C23H19ClFN3O3/c1-15-3-2-4-19(9-15)30-14-20-7-8-22(31-20)23(29)27-18-11-26-28(13-18)12-16-5-6-17(25)10-21(16)24/h2-11,13H,12,14H2,1H3,(H,27,29). The Morgan fingerprint density at radius 2 is 2.10 bits per heavy atom. The van der Waals surface area contributed by atoms with Gasteiger partial charge in [-0.1, -0.05) is 29.8 Å². The fourth-order valence-corrected chi connectivity index (χ4v) is 3.20. The van der Waals surface area contributed by atoms with E-state index in [0.29, 0.717) is 28.6 Å². The Hall–Kier alpha value is -3.58. The van der Waals surface area contributed by atoms with Crippen molar-refractivity contribution in [1.29, 1.82) is 0 Å². The first kappa shape index (κ1) is 20.7. The maximum atomic E-state index is 13.2. The first-order chi connectivity index (χ1) is 15.0. The van der Waals surface area contributed by atoms with Crippen molar-refractivity contribution < 1.29 is 18.3 Å². The lowest BCUT2D eigenvalue weighted by Crippen LogP contribution is -2.10. The van der Waals surface area contributed by atoms with Crippen molar-refractivity contribution in [2.24, 2.45) is 0 Å². The number of rotatable bonds is 7. The molecule has 8 heteroatoms. The van der Waals surface area contributed by atoms with Crippen LogP contribution in [0.3, 0.4) is 0 Å². The average molecular weight is 440 g/mol. The Labute approximate surface area is 183 Å². The van der Waals surface area contributed by atoms with Gasteiger partial charge in [0.1, 0.15) is 23.9 Å². The van der Waals surface area contributed by atoms with Crippen molar-refractivity contribution >= 4 is 23.2 Å². The summed E-state index contributed by atoms with van der Waals surface area (Å²) in [6.07, 6.45) is 3.17. The van der Waals surface area contributed by atoms with Crippen LogP contribution in [0.4, 0.5) is 10.1 Å². The SMILES string of the molecule is Cc1cccc(OCc2ccc(C(=O)Nc3cnn(Cc4ccc(F)cc4Cl)c3)o2)c1. The number of halogens is 2. The minimum Gasteiger partial charge on any atom is -0.486 e. The Bertz CT molecular complexity index is 1220. The van der Waals surface area contributed by atoms with Crippen LogP contribution in [-0.4, -0.2) is 15.7 Å². The molecular formula is C23H19ClFN3O3. The Morgan fingerprint density at radius 3 is 2.90 bits per heavy atom. The molecule has 0 aliphatic heterocycles. The largest absolute Gasteiger partial charge is 0.486 e. The highest BCUT2D eigenvalue weighted by Crippen LogP contribution is 2.20. The highest BCUT2D eigenvalue weighted by atomic mass is 35.5. The molecule has 0 atom stereocenters. The third-order valence-corrected chi connectivity index (χ3v) is 4.85. The monoisotopic (exact) mass is 439 g/mol. The van der Waals surface area contributed by atoms with E-state index in [1.165, 1.54) is 18.3 Å². The van der Waals surface area contributed by atoms with Gasteiger partial charge in [-0.2, -0.15) is 5.10 Å². The van der Waals surface area contributed by atoms with Crippen LogP contribution in [0.15, 0.2) is 71.4 Å². The van der Waals surface area contributed by atoms with Gasteiger partial charge in [0.05, 0.1) is 18.4 Å². The van der Waals surface area contributed by atoms with E-state index in [2.05, 4.69) is 10.4 Å². The second kappa shape index (κ2) is 9.06. The predicted octanol–water partition coefficient (Wildman–Crippen LogP) is 5.46. The summed E-state index contributed by atoms with van der Waals surface area (Å²) >= 11 is 6.05. The summed E-state index contributed by atoms with van der Waals surface area (Å²) in [6, 6.07) is 15.2. The lowest BCUT2D eigenvalue weighted by Gasteiger charge is -2.05. The van der Waals surface area contributed by atoms with Gasteiger partial charge in [0, 0.05) is 11.2 Å². The van der Waals surface area contributed by atoms with Crippen molar-refractivity contribution in [2.75, 3.05) is 5.32 Å². The van der Waals surface area contributed by atoms with Crippen LogP contribution in [-0.2, 0) is 13.2 Å². The second-order valence-corrected chi connectivity index (χ2v) is 7.39. The van der Waals surface area contributed by atoms with Gasteiger partial charge in [0.15, 0.2) is 5.76 Å². The van der Waals surface area contributed by atoms with E-state index in [0.717, 1.165) is 11.3 Å². The molecule has 0 saturated carbocycles. The van der Waals surface area contributed by atoms with E-state index < -0.39 is 11.7 Å². The summed E-state index contributed by atoms with van der Waals surface area (Å²) in [6.45, 7) is 2.54. The van der Waals surface area contributed by atoms with Crippen LogP contribution in [0.2, 0.25) is 5.02 Å². The number of amides is 1. The number of nitrogens with zero attached hydrogens (tertiary/aromatic N) is 2. The highest BCUT2D eigenvalue weighted by molar-refractivity contribution is 6.31. The lowest BCUT2D eigenvalue weighted by molar-refractivity contribution is 0.0992. The summed E-state index contributed by atoms with van der Waals surface area (Å²) < 4.78 is 26.0. The van der Waals surface area contributed by atoms with Crippen molar-refractivity contribution in [3.05, 3.63) is 100 Å². The smallest absolute Gasteiger partial charge is 0.291 e. The zero-order valence-electron chi connectivity index (χ0n) is 16.6. The fourth-order valence-electron chi connectivity index (χ4n) is 2.97. The number of hydrogen-bond donors (Lipinski definition) is 1. The molecule has 0 radical (unpaired) electrons. The minimum absolute atomic E-state index is 0.164. The number of hydrogen-bond acceptors (Lipinski definition) is 4. The fraction of sp³-hybridized carbons (Fsp3) is 0.130.